The Labute approximate surface area is 114 Å². The van der Waals surface area contributed by atoms with Crippen LogP contribution in [0.2, 0.25) is 0 Å². The van der Waals surface area contributed by atoms with Gasteiger partial charge in [0.15, 0.2) is 0 Å². The van der Waals surface area contributed by atoms with Crippen molar-refractivity contribution < 1.29 is 0 Å². The molecule has 18 heavy (non-hydrogen) atoms. The van der Waals surface area contributed by atoms with Gasteiger partial charge < -0.3 is 5.32 Å². The van der Waals surface area contributed by atoms with Gasteiger partial charge in [-0.25, -0.2) is 4.98 Å². The summed E-state index contributed by atoms with van der Waals surface area (Å²) in [5, 5.41) is 12.2. The van der Waals surface area contributed by atoms with Crippen molar-refractivity contribution in [2.75, 3.05) is 29.1 Å². The number of thioether (sulfide) groups is 2. The van der Waals surface area contributed by atoms with Gasteiger partial charge in [0.05, 0.1) is 5.52 Å². The molecule has 1 unspecified atom stereocenters. The minimum atomic E-state index is 0.630. The number of hydrogen-bond acceptors (Lipinski definition) is 6. The maximum atomic E-state index is 4.46. The lowest BCUT2D eigenvalue weighted by atomic mass is 10.3. The number of hydrogen-bond donors (Lipinski definition) is 1. The van der Waals surface area contributed by atoms with E-state index in [4.69, 9.17) is 0 Å². The van der Waals surface area contributed by atoms with Crippen molar-refractivity contribution in [3.05, 3.63) is 24.3 Å². The number of benzene rings is 1. The Bertz CT molecular complexity index is 528. The van der Waals surface area contributed by atoms with E-state index in [0.29, 0.717) is 11.2 Å². The first-order chi connectivity index (χ1) is 8.92. The van der Waals surface area contributed by atoms with Crippen molar-refractivity contribution in [1.29, 1.82) is 0 Å². The predicted octanol–water partition coefficient (Wildman–Crippen LogP) is 2.29. The highest BCUT2D eigenvalue weighted by Crippen LogP contribution is 2.23. The van der Waals surface area contributed by atoms with Crippen LogP contribution in [-0.4, -0.2) is 44.2 Å². The maximum absolute atomic E-state index is 4.46. The molecule has 1 aliphatic heterocycles. The fourth-order valence-electron chi connectivity index (χ4n) is 1.82. The van der Waals surface area contributed by atoms with E-state index in [1.165, 1.54) is 17.3 Å². The van der Waals surface area contributed by atoms with Crippen LogP contribution in [-0.2, 0) is 0 Å². The van der Waals surface area contributed by atoms with Crippen LogP contribution in [0.5, 0.6) is 0 Å². The quantitative estimate of drug-likeness (QED) is 0.929. The molecule has 2 heterocycles. The molecule has 0 saturated carbocycles. The van der Waals surface area contributed by atoms with Crippen molar-refractivity contribution in [1.82, 2.24) is 15.2 Å². The predicted molar refractivity (Wildman–Crippen MR) is 79.4 cm³/mol. The first-order valence-corrected chi connectivity index (χ1v) is 8.15. The molecule has 1 aromatic carbocycles. The molecule has 94 valence electrons. The highest BCUT2D eigenvalue weighted by Gasteiger charge is 2.14. The van der Waals surface area contributed by atoms with Gasteiger partial charge in [0, 0.05) is 29.1 Å². The molecule has 0 aliphatic carbocycles. The fourth-order valence-corrected chi connectivity index (χ4v) is 4.43. The van der Waals surface area contributed by atoms with Gasteiger partial charge in [0.1, 0.15) is 5.52 Å². The Kier molecular flexibility index (Phi) is 3.85. The molecule has 1 aromatic heterocycles. The van der Waals surface area contributed by atoms with E-state index in [0.717, 1.165) is 17.6 Å². The molecule has 0 bridgehead atoms. The van der Waals surface area contributed by atoms with Gasteiger partial charge in [-0.1, -0.05) is 12.1 Å². The lowest BCUT2D eigenvalue weighted by Gasteiger charge is -2.20. The number of rotatable bonds is 3. The summed E-state index contributed by atoms with van der Waals surface area (Å²) in [6.45, 7) is 0.914. The molecule has 1 atom stereocenters. The topological polar surface area (TPSA) is 50.7 Å². The van der Waals surface area contributed by atoms with Crippen LogP contribution in [0.1, 0.15) is 0 Å². The molecule has 0 spiro atoms. The minimum absolute atomic E-state index is 0.630. The Balaban J connectivity index is 1.66. The van der Waals surface area contributed by atoms with Crippen molar-refractivity contribution >= 4 is 40.5 Å². The lowest BCUT2D eigenvalue weighted by Crippen LogP contribution is -2.24. The molecular weight excluding hydrogens is 264 g/mol. The number of anilines is 1. The zero-order chi connectivity index (χ0) is 12.2. The van der Waals surface area contributed by atoms with E-state index in [9.17, 15) is 0 Å². The summed E-state index contributed by atoms with van der Waals surface area (Å²) in [6.07, 6.45) is 0. The third-order valence-electron chi connectivity index (χ3n) is 2.73. The van der Waals surface area contributed by atoms with Crippen molar-refractivity contribution in [2.45, 2.75) is 5.25 Å². The normalized spacial score (nSPS) is 19.9. The smallest absolute Gasteiger partial charge is 0.243 e. The molecule has 6 heteroatoms. The molecule has 1 fully saturated rings. The Hall–Kier alpha value is -1.01. The summed E-state index contributed by atoms with van der Waals surface area (Å²) < 4.78 is 0. The second-order valence-electron chi connectivity index (χ2n) is 4.07. The number of para-hydroxylation sites is 1. The molecule has 1 saturated heterocycles. The maximum Gasteiger partial charge on any atom is 0.243 e. The standard InChI is InChI=1S/C12H14N4S2/c1-2-4-11-10(3-1)14-12(16-15-11)13-7-9-8-17-5-6-18-9/h1-4,9H,5-8H2,(H,13,14,16). The van der Waals surface area contributed by atoms with Crippen molar-refractivity contribution in [3.8, 4) is 0 Å². The van der Waals surface area contributed by atoms with Crippen LogP contribution in [0.4, 0.5) is 5.95 Å². The third kappa shape index (κ3) is 2.87. The largest absolute Gasteiger partial charge is 0.352 e. The van der Waals surface area contributed by atoms with Gasteiger partial charge in [-0.2, -0.15) is 23.5 Å². The van der Waals surface area contributed by atoms with Crippen LogP contribution in [0.15, 0.2) is 24.3 Å². The van der Waals surface area contributed by atoms with Crippen LogP contribution >= 0.6 is 23.5 Å². The van der Waals surface area contributed by atoms with Gasteiger partial charge in [-0.15, -0.1) is 10.2 Å². The summed E-state index contributed by atoms with van der Waals surface area (Å²) in [5.74, 6) is 4.35. The van der Waals surface area contributed by atoms with E-state index in [1.54, 1.807) is 0 Å². The van der Waals surface area contributed by atoms with Crippen LogP contribution in [0.25, 0.3) is 11.0 Å². The second kappa shape index (κ2) is 5.75. The summed E-state index contributed by atoms with van der Waals surface area (Å²) in [4.78, 5) is 4.46. The fraction of sp³-hybridized carbons (Fsp3) is 0.417. The van der Waals surface area contributed by atoms with E-state index < -0.39 is 0 Å². The molecule has 1 N–H and O–H groups in total. The zero-order valence-corrected chi connectivity index (χ0v) is 11.5. The Morgan fingerprint density at radius 1 is 1.17 bits per heavy atom. The third-order valence-corrected chi connectivity index (χ3v) is 5.58. The zero-order valence-electron chi connectivity index (χ0n) is 9.87. The van der Waals surface area contributed by atoms with Gasteiger partial charge >= 0.3 is 0 Å². The van der Waals surface area contributed by atoms with Crippen LogP contribution in [0, 0.1) is 0 Å². The Morgan fingerprint density at radius 2 is 2.06 bits per heavy atom. The summed E-state index contributed by atoms with van der Waals surface area (Å²) in [7, 11) is 0. The van der Waals surface area contributed by atoms with E-state index in [1.807, 2.05) is 47.8 Å². The SMILES string of the molecule is c1ccc2nc(NCC3CSCCS3)nnc2c1. The molecule has 4 nitrogen and oxygen atoms in total. The first-order valence-electron chi connectivity index (χ1n) is 5.94. The average Bonchev–Trinajstić information content (AvgIpc) is 2.46. The summed E-state index contributed by atoms with van der Waals surface area (Å²) in [5.41, 5.74) is 1.73. The highest BCUT2D eigenvalue weighted by molar-refractivity contribution is 8.06. The number of nitrogens with zero attached hydrogens (tertiary/aromatic N) is 3. The number of aromatic nitrogens is 3. The van der Waals surface area contributed by atoms with Crippen LogP contribution < -0.4 is 5.32 Å². The average molecular weight is 278 g/mol. The molecular formula is C12H14N4S2. The van der Waals surface area contributed by atoms with Crippen LogP contribution in [0.3, 0.4) is 0 Å². The monoisotopic (exact) mass is 278 g/mol. The number of fused-ring (bicyclic) bond motifs is 1. The van der Waals surface area contributed by atoms with E-state index >= 15 is 0 Å². The lowest BCUT2D eigenvalue weighted by molar-refractivity contribution is 0.946. The molecule has 0 radical (unpaired) electrons. The second-order valence-corrected chi connectivity index (χ2v) is 6.63. The number of nitrogens with one attached hydrogen (secondary N) is 1. The van der Waals surface area contributed by atoms with Gasteiger partial charge in [-0.3, -0.25) is 0 Å². The van der Waals surface area contributed by atoms with Crippen molar-refractivity contribution in [2.24, 2.45) is 0 Å². The summed E-state index contributed by atoms with van der Waals surface area (Å²) >= 11 is 4.05. The molecule has 2 aromatic rings. The van der Waals surface area contributed by atoms with E-state index in [2.05, 4.69) is 20.5 Å². The molecule has 3 rings (SSSR count). The molecule has 0 amide bonds. The Morgan fingerprint density at radius 3 is 2.89 bits per heavy atom. The van der Waals surface area contributed by atoms with Gasteiger partial charge in [-0.05, 0) is 12.1 Å². The van der Waals surface area contributed by atoms with Gasteiger partial charge in [0.2, 0.25) is 5.95 Å². The summed E-state index contributed by atoms with van der Waals surface area (Å²) in [6, 6.07) is 7.79. The highest BCUT2D eigenvalue weighted by atomic mass is 32.2. The van der Waals surface area contributed by atoms with Gasteiger partial charge in [0.25, 0.3) is 0 Å². The van der Waals surface area contributed by atoms with E-state index in [-0.39, 0.29) is 0 Å². The minimum Gasteiger partial charge on any atom is -0.352 e. The first kappa shape index (κ1) is 12.0. The molecule has 1 aliphatic rings. The van der Waals surface area contributed by atoms with Crippen molar-refractivity contribution in [3.63, 3.8) is 0 Å².